The summed E-state index contributed by atoms with van der Waals surface area (Å²) in [5.74, 6) is 1.72. The van der Waals surface area contributed by atoms with Crippen molar-refractivity contribution in [1.29, 1.82) is 5.26 Å². The quantitative estimate of drug-likeness (QED) is 0.834. The fourth-order valence-electron chi connectivity index (χ4n) is 3.06. The van der Waals surface area contributed by atoms with E-state index in [1.165, 1.54) is 6.20 Å². The summed E-state index contributed by atoms with van der Waals surface area (Å²) in [5, 5.41) is 8.78. The first-order valence-corrected chi connectivity index (χ1v) is 7.96. The number of ether oxygens (including phenoxy) is 1. The van der Waals surface area contributed by atoms with Crippen LogP contribution in [0.1, 0.15) is 45.7 Å². The molecule has 7 nitrogen and oxygen atoms in total. The Morgan fingerprint density at radius 1 is 1.42 bits per heavy atom. The lowest BCUT2D eigenvalue weighted by Crippen LogP contribution is -2.35. The summed E-state index contributed by atoms with van der Waals surface area (Å²) in [4.78, 5) is 22.9. The Morgan fingerprint density at radius 2 is 2.33 bits per heavy atom. The zero-order valence-corrected chi connectivity index (χ0v) is 13.1. The number of nitrogens with zero attached hydrogens (tertiary/aromatic N) is 4. The fourth-order valence-corrected chi connectivity index (χ4v) is 3.06. The van der Waals surface area contributed by atoms with Crippen LogP contribution in [-0.4, -0.2) is 40.5 Å². The van der Waals surface area contributed by atoms with E-state index in [-0.39, 0.29) is 11.8 Å². The Bertz CT molecular complexity index is 800. The van der Waals surface area contributed by atoms with Crippen LogP contribution in [0, 0.1) is 11.3 Å². The van der Waals surface area contributed by atoms with E-state index in [1.807, 2.05) is 6.07 Å². The van der Waals surface area contributed by atoms with Gasteiger partial charge >= 0.3 is 0 Å². The van der Waals surface area contributed by atoms with Gasteiger partial charge in [-0.1, -0.05) is 0 Å². The summed E-state index contributed by atoms with van der Waals surface area (Å²) in [7, 11) is 0. The van der Waals surface area contributed by atoms with Gasteiger partial charge in [0.25, 0.3) is 5.91 Å². The molecule has 1 amide bonds. The SMILES string of the molecule is N#Cc1ccc(C(=O)N2CCc3oc(C4CCOC4)nc3C2)cn1. The number of pyridine rings is 1. The Labute approximate surface area is 138 Å². The van der Waals surface area contributed by atoms with Crippen molar-refractivity contribution in [3.05, 3.63) is 46.9 Å². The third kappa shape index (κ3) is 2.65. The molecule has 0 radical (unpaired) electrons. The maximum atomic E-state index is 12.6. The lowest BCUT2D eigenvalue weighted by atomic mass is 10.1. The molecule has 1 saturated heterocycles. The van der Waals surface area contributed by atoms with E-state index < -0.39 is 0 Å². The van der Waals surface area contributed by atoms with E-state index in [0.717, 1.165) is 30.4 Å². The second-order valence-electron chi connectivity index (χ2n) is 6.00. The van der Waals surface area contributed by atoms with E-state index >= 15 is 0 Å². The molecule has 0 aromatic carbocycles. The van der Waals surface area contributed by atoms with E-state index in [0.29, 0.717) is 37.4 Å². The van der Waals surface area contributed by atoms with Crippen molar-refractivity contribution >= 4 is 5.91 Å². The normalized spacial score (nSPS) is 19.8. The van der Waals surface area contributed by atoms with Gasteiger partial charge in [-0.05, 0) is 18.6 Å². The molecule has 0 spiro atoms. The van der Waals surface area contributed by atoms with Gasteiger partial charge in [0.15, 0.2) is 5.89 Å². The standard InChI is InChI=1S/C17H16N4O3/c18-7-13-2-1-11(8-19-13)17(22)21-5-3-15-14(9-21)20-16(24-15)12-4-6-23-10-12/h1-2,8,12H,3-6,9-10H2. The van der Waals surface area contributed by atoms with Crippen LogP contribution in [0.5, 0.6) is 0 Å². The van der Waals surface area contributed by atoms with Crippen LogP contribution in [0.3, 0.4) is 0 Å². The molecule has 1 unspecified atom stereocenters. The predicted molar refractivity (Wildman–Crippen MR) is 82.1 cm³/mol. The molecule has 24 heavy (non-hydrogen) atoms. The highest BCUT2D eigenvalue weighted by Gasteiger charge is 2.29. The Morgan fingerprint density at radius 3 is 3.04 bits per heavy atom. The van der Waals surface area contributed by atoms with Crippen LogP contribution in [0.2, 0.25) is 0 Å². The number of carbonyl (C=O) groups excluding carboxylic acids is 1. The summed E-state index contributed by atoms with van der Waals surface area (Å²) >= 11 is 0. The lowest BCUT2D eigenvalue weighted by Gasteiger charge is -2.25. The zero-order chi connectivity index (χ0) is 16.5. The van der Waals surface area contributed by atoms with Crippen molar-refractivity contribution in [3.63, 3.8) is 0 Å². The number of aromatic nitrogens is 2. The highest BCUT2D eigenvalue weighted by molar-refractivity contribution is 5.94. The molecule has 0 saturated carbocycles. The fraction of sp³-hybridized carbons (Fsp3) is 0.412. The molecule has 122 valence electrons. The van der Waals surface area contributed by atoms with Crippen LogP contribution >= 0.6 is 0 Å². The third-order valence-corrected chi connectivity index (χ3v) is 4.44. The Kier molecular flexibility index (Phi) is 3.75. The number of amides is 1. The summed E-state index contributed by atoms with van der Waals surface area (Å²) in [5.41, 5.74) is 1.61. The molecule has 1 atom stereocenters. The van der Waals surface area contributed by atoms with Crippen molar-refractivity contribution < 1.29 is 13.9 Å². The largest absolute Gasteiger partial charge is 0.445 e. The minimum absolute atomic E-state index is 0.105. The van der Waals surface area contributed by atoms with Crippen molar-refractivity contribution in [2.24, 2.45) is 0 Å². The van der Waals surface area contributed by atoms with Gasteiger partial charge in [0, 0.05) is 25.8 Å². The number of rotatable bonds is 2. The van der Waals surface area contributed by atoms with Gasteiger partial charge in [-0.2, -0.15) is 5.26 Å². The van der Waals surface area contributed by atoms with E-state index in [9.17, 15) is 4.79 Å². The molecule has 4 rings (SSSR count). The lowest BCUT2D eigenvalue weighted by molar-refractivity contribution is 0.0727. The van der Waals surface area contributed by atoms with Crippen LogP contribution in [0.4, 0.5) is 0 Å². The summed E-state index contributed by atoms with van der Waals surface area (Å²) in [6.45, 7) is 2.42. The summed E-state index contributed by atoms with van der Waals surface area (Å²) in [6, 6.07) is 5.13. The minimum atomic E-state index is -0.105. The third-order valence-electron chi connectivity index (χ3n) is 4.44. The molecule has 1 fully saturated rings. The second kappa shape index (κ2) is 6.06. The molecule has 2 aliphatic rings. The molecule has 2 aromatic rings. The van der Waals surface area contributed by atoms with Crippen molar-refractivity contribution in [1.82, 2.24) is 14.9 Å². The Hall–Kier alpha value is -2.72. The average Bonchev–Trinajstić information content (AvgIpc) is 3.29. The van der Waals surface area contributed by atoms with Gasteiger partial charge in [0.1, 0.15) is 23.2 Å². The number of carbonyl (C=O) groups is 1. The van der Waals surface area contributed by atoms with Gasteiger partial charge < -0.3 is 14.1 Å². The topological polar surface area (TPSA) is 92.2 Å². The first kappa shape index (κ1) is 14.8. The molecule has 2 aliphatic heterocycles. The Balaban J connectivity index is 1.50. The summed E-state index contributed by atoms with van der Waals surface area (Å²) < 4.78 is 11.3. The first-order chi connectivity index (χ1) is 11.7. The number of fused-ring (bicyclic) bond motifs is 1. The maximum Gasteiger partial charge on any atom is 0.255 e. The molecule has 0 bridgehead atoms. The average molecular weight is 324 g/mol. The molecule has 0 aliphatic carbocycles. The first-order valence-electron chi connectivity index (χ1n) is 7.96. The second-order valence-corrected chi connectivity index (χ2v) is 6.00. The van der Waals surface area contributed by atoms with Crippen molar-refractivity contribution in [2.75, 3.05) is 19.8 Å². The van der Waals surface area contributed by atoms with Gasteiger partial charge in [0.05, 0.1) is 24.6 Å². The van der Waals surface area contributed by atoms with Gasteiger partial charge in [0.2, 0.25) is 0 Å². The molecular weight excluding hydrogens is 308 g/mol. The molecule has 2 aromatic heterocycles. The number of oxazole rings is 1. The van der Waals surface area contributed by atoms with Crippen LogP contribution in [-0.2, 0) is 17.7 Å². The van der Waals surface area contributed by atoms with E-state index in [2.05, 4.69) is 9.97 Å². The number of hydrogen-bond donors (Lipinski definition) is 0. The summed E-state index contributed by atoms with van der Waals surface area (Å²) in [6.07, 6.45) is 3.03. The molecule has 7 heteroatoms. The van der Waals surface area contributed by atoms with Gasteiger partial charge in [-0.15, -0.1) is 0 Å². The van der Waals surface area contributed by atoms with Crippen LogP contribution in [0.25, 0.3) is 0 Å². The number of nitriles is 1. The molecular formula is C17H16N4O3. The highest BCUT2D eigenvalue weighted by atomic mass is 16.5. The smallest absolute Gasteiger partial charge is 0.255 e. The highest BCUT2D eigenvalue weighted by Crippen LogP contribution is 2.29. The van der Waals surface area contributed by atoms with E-state index in [4.69, 9.17) is 14.4 Å². The number of hydrogen-bond acceptors (Lipinski definition) is 6. The van der Waals surface area contributed by atoms with Crippen molar-refractivity contribution in [2.45, 2.75) is 25.3 Å². The van der Waals surface area contributed by atoms with Crippen LogP contribution < -0.4 is 0 Å². The monoisotopic (exact) mass is 324 g/mol. The molecule has 4 heterocycles. The molecule has 0 N–H and O–H groups in total. The minimum Gasteiger partial charge on any atom is -0.445 e. The van der Waals surface area contributed by atoms with Crippen LogP contribution in [0.15, 0.2) is 22.7 Å². The predicted octanol–water partition coefficient (Wildman–Crippen LogP) is 1.64. The van der Waals surface area contributed by atoms with E-state index in [1.54, 1.807) is 17.0 Å². The maximum absolute atomic E-state index is 12.6. The zero-order valence-electron chi connectivity index (χ0n) is 13.1. The van der Waals surface area contributed by atoms with Gasteiger partial charge in [-0.3, -0.25) is 4.79 Å². The van der Waals surface area contributed by atoms with Crippen molar-refractivity contribution in [3.8, 4) is 6.07 Å². The van der Waals surface area contributed by atoms with Gasteiger partial charge in [-0.25, -0.2) is 9.97 Å².